The smallest absolute Gasteiger partial charge is 0.417 e. The number of amides is 1. The molecular weight excluding hydrogens is 814 g/mol. The molecule has 0 spiro atoms. The zero-order chi connectivity index (χ0) is 44.0. The van der Waals surface area contributed by atoms with E-state index < -0.39 is 43.9 Å². The molecule has 0 radical (unpaired) electrons. The van der Waals surface area contributed by atoms with Crippen molar-refractivity contribution in [3.05, 3.63) is 137 Å². The summed E-state index contributed by atoms with van der Waals surface area (Å²) in [6, 6.07) is 28.6. The quantitative estimate of drug-likeness (QED) is 0.107. The second kappa shape index (κ2) is 18.4. The molecule has 0 unspecified atom stereocenters. The average molecular weight is 859 g/mol. The predicted molar refractivity (Wildman–Crippen MR) is 221 cm³/mol. The summed E-state index contributed by atoms with van der Waals surface area (Å²) in [6.45, 7) is 4.74. The highest BCUT2D eigenvalue weighted by molar-refractivity contribution is 7.89. The van der Waals surface area contributed by atoms with E-state index in [-0.39, 0.29) is 37.6 Å². The number of sulfonamides is 1. The van der Waals surface area contributed by atoms with E-state index in [2.05, 4.69) is 20.7 Å². The molecule has 0 saturated heterocycles. The van der Waals surface area contributed by atoms with Crippen LogP contribution in [0.4, 0.5) is 18.0 Å². The molecule has 0 fully saturated rings. The summed E-state index contributed by atoms with van der Waals surface area (Å²) < 4.78 is 98.7. The predicted octanol–water partition coefficient (Wildman–Crippen LogP) is 8.52. The Labute approximate surface area is 352 Å². The number of benzene rings is 5. The largest absolute Gasteiger partial charge is 0.497 e. The van der Waals surface area contributed by atoms with Crippen molar-refractivity contribution in [3.8, 4) is 39.8 Å². The van der Waals surface area contributed by atoms with Gasteiger partial charge < -0.3 is 24.3 Å². The van der Waals surface area contributed by atoms with E-state index in [4.69, 9.17) is 18.9 Å². The first-order chi connectivity index (χ1) is 29.0. The van der Waals surface area contributed by atoms with Crippen LogP contribution in [0, 0.1) is 0 Å². The van der Waals surface area contributed by atoms with Crippen LogP contribution in [0.3, 0.4) is 0 Å². The Balaban J connectivity index is 1.52. The van der Waals surface area contributed by atoms with Gasteiger partial charge in [-0.2, -0.15) is 22.3 Å². The van der Waals surface area contributed by atoms with Crippen molar-refractivity contribution in [1.29, 1.82) is 0 Å². The third-order valence-corrected chi connectivity index (χ3v) is 11.2. The lowest BCUT2D eigenvalue weighted by Gasteiger charge is -2.27. The van der Waals surface area contributed by atoms with Crippen LogP contribution in [0.1, 0.15) is 48.6 Å². The van der Waals surface area contributed by atoms with Crippen molar-refractivity contribution >= 4 is 16.1 Å². The minimum atomic E-state index is -5.14. The van der Waals surface area contributed by atoms with E-state index in [1.807, 2.05) is 0 Å². The van der Waals surface area contributed by atoms with Crippen molar-refractivity contribution in [2.45, 2.75) is 63.6 Å². The number of tetrazole rings is 1. The minimum absolute atomic E-state index is 0.0633. The maximum atomic E-state index is 15.3. The van der Waals surface area contributed by atoms with E-state index in [0.717, 1.165) is 15.9 Å². The van der Waals surface area contributed by atoms with Crippen molar-refractivity contribution in [3.63, 3.8) is 0 Å². The highest BCUT2D eigenvalue weighted by Crippen LogP contribution is 2.45. The molecule has 0 aliphatic heterocycles. The zero-order valence-electron chi connectivity index (χ0n) is 34.4. The molecule has 5 aromatic carbocycles. The van der Waals surface area contributed by atoms with Crippen LogP contribution in [-0.4, -0.2) is 66.0 Å². The summed E-state index contributed by atoms with van der Waals surface area (Å²) in [5, 5.41) is 15.5. The number of nitrogens with one attached hydrogen (secondary N) is 1. The Morgan fingerprint density at radius 3 is 1.67 bits per heavy atom. The summed E-state index contributed by atoms with van der Waals surface area (Å²) in [6.07, 6.45) is -5.77. The molecule has 17 heteroatoms. The van der Waals surface area contributed by atoms with E-state index in [0.29, 0.717) is 39.5 Å². The molecule has 320 valence electrons. The van der Waals surface area contributed by atoms with Crippen molar-refractivity contribution < 1.29 is 45.3 Å². The van der Waals surface area contributed by atoms with Crippen LogP contribution in [0.5, 0.6) is 17.2 Å². The third kappa shape index (κ3) is 11.0. The lowest BCUT2D eigenvalue weighted by molar-refractivity contribution is -0.139. The molecule has 0 bridgehead atoms. The maximum Gasteiger partial charge on any atom is 0.417 e. The van der Waals surface area contributed by atoms with Crippen molar-refractivity contribution in [2.24, 2.45) is 0 Å². The van der Waals surface area contributed by atoms with E-state index in [1.165, 1.54) is 32.2 Å². The summed E-state index contributed by atoms with van der Waals surface area (Å²) in [5.74, 6) is 1.29. The molecule has 1 N–H and O–H groups in total. The second-order valence-corrected chi connectivity index (χ2v) is 16.8. The van der Waals surface area contributed by atoms with Gasteiger partial charge in [-0.25, -0.2) is 13.2 Å². The molecule has 0 atom stereocenters. The van der Waals surface area contributed by atoms with Gasteiger partial charge in [-0.1, -0.05) is 66.7 Å². The van der Waals surface area contributed by atoms with Crippen LogP contribution in [0.25, 0.3) is 22.5 Å². The number of aromatic nitrogens is 4. The second-order valence-electron chi connectivity index (χ2n) is 14.9. The lowest BCUT2D eigenvalue weighted by atomic mass is 9.95. The van der Waals surface area contributed by atoms with Gasteiger partial charge in [0.2, 0.25) is 15.8 Å². The Morgan fingerprint density at radius 1 is 0.705 bits per heavy atom. The van der Waals surface area contributed by atoms with Crippen molar-refractivity contribution in [2.75, 3.05) is 21.3 Å². The number of nitrogens with zero attached hydrogens (tertiary/aromatic N) is 5. The van der Waals surface area contributed by atoms with Gasteiger partial charge in [0.05, 0.1) is 39.0 Å². The first-order valence-electron chi connectivity index (χ1n) is 18.9. The summed E-state index contributed by atoms with van der Waals surface area (Å²) in [4.78, 5) is 12.5. The number of ether oxygens (including phenoxy) is 4. The molecule has 0 saturated carbocycles. The van der Waals surface area contributed by atoms with Crippen LogP contribution < -0.4 is 19.5 Å². The monoisotopic (exact) mass is 858 g/mol. The Morgan fingerprint density at radius 2 is 1.20 bits per heavy atom. The number of rotatable bonds is 15. The Kier molecular flexibility index (Phi) is 13.3. The Bertz CT molecular complexity index is 2490. The van der Waals surface area contributed by atoms with Gasteiger partial charge in [0.15, 0.2) is 0 Å². The number of hydrogen-bond acceptors (Lipinski definition) is 10. The highest BCUT2D eigenvalue weighted by Gasteiger charge is 2.43. The number of hydrogen-bond donors (Lipinski definition) is 1. The highest BCUT2D eigenvalue weighted by atomic mass is 32.2. The van der Waals surface area contributed by atoms with Gasteiger partial charge in [0, 0.05) is 19.6 Å². The molecule has 0 aliphatic carbocycles. The number of alkyl carbamates (subject to hydrolysis) is 1. The van der Waals surface area contributed by atoms with E-state index >= 15 is 21.6 Å². The molecule has 1 heterocycles. The summed E-state index contributed by atoms with van der Waals surface area (Å²) in [5.41, 5.74) is 0.267. The number of carbonyl (C=O) groups is 1. The molecule has 61 heavy (non-hydrogen) atoms. The van der Waals surface area contributed by atoms with Crippen LogP contribution >= 0.6 is 0 Å². The van der Waals surface area contributed by atoms with Gasteiger partial charge in [0.25, 0.3) is 0 Å². The molecule has 6 rings (SSSR count). The number of alkyl halides is 3. The average Bonchev–Trinajstić information content (AvgIpc) is 3.70. The van der Waals surface area contributed by atoms with E-state index in [9.17, 15) is 4.79 Å². The number of halogens is 3. The van der Waals surface area contributed by atoms with Crippen molar-refractivity contribution in [1.82, 2.24) is 29.8 Å². The first-order valence-corrected chi connectivity index (χ1v) is 20.4. The van der Waals surface area contributed by atoms with Crippen LogP contribution in [-0.2, 0) is 47.1 Å². The normalized spacial score (nSPS) is 12.0. The van der Waals surface area contributed by atoms with E-state index in [1.54, 1.807) is 118 Å². The van der Waals surface area contributed by atoms with Crippen LogP contribution in [0.15, 0.2) is 114 Å². The third-order valence-electron chi connectivity index (χ3n) is 9.36. The molecule has 1 amide bonds. The maximum absolute atomic E-state index is 15.3. The minimum Gasteiger partial charge on any atom is -0.497 e. The fourth-order valence-electron chi connectivity index (χ4n) is 6.36. The van der Waals surface area contributed by atoms with Gasteiger partial charge in [0.1, 0.15) is 27.7 Å². The van der Waals surface area contributed by atoms with Gasteiger partial charge in [-0.05, 0) is 102 Å². The standard InChI is InChI=1S/C44H45F3N6O7S/c1-43(2,3)60-42(54)48-25-29-7-15-33(16-8-29)37-23-24-38(44(45,46)47)40(39(37)41-49-51-53(50-41)28-32-13-21-36(59-6)22-14-32)61(55,56)52(26-30-9-17-34(57-4)18-10-30)27-31-11-19-35(58-5)20-12-31/h7-24H,25-28H2,1-6H3,(H,48,54). The molecular formula is C44H45F3N6O7S. The van der Waals surface area contributed by atoms with Gasteiger partial charge in [-0.3, -0.25) is 0 Å². The topological polar surface area (TPSA) is 147 Å². The lowest BCUT2D eigenvalue weighted by Crippen LogP contribution is -2.32. The van der Waals surface area contributed by atoms with Gasteiger partial charge in [-0.15, -0.1) is 10.2 Å². The molecule has 13 nitrogen and oxygen atoms in total. The number of carbonyl (C=O) groups excluding carboxylic acids is 1. The molecule has 0 aliphatic rings. The summed E-state index contributed by atoms with van der Waals surface area (Å²) >= 11 is 0. The fraction of sp³-hybridized carbons (Fsp3) is 0.273. The SMILES string of the molecule is COc1ccc(CN(Cc2ccc(OC)cc2)S(=O)(=O)c2c(C(F)(F)F)ccc(-c3ccc(CNC(=O)OC(C)(C)C)cc3)c2-c2nnn(Cc3ccc(OC)cc3)n2)cc1. The molecule has 6 aromatic rings. The Hall–Kier alpha value is -6.46. The van der Waals surface area contributed by atoms with Crippen LogP contribution in [0.2, 0.25) is 0 Å². The first kappa shape index (κ1) is 44.1. The summed E-state index contributed by atoms with van der Waals surface area (Å²) in [7, 11) is -0.593. The molecule has 1 aromatic heterocycles. The fourth-order valence-corrected chi connectivity index (χ4v) is 8.17. The number of methoxy groups -OCH3 is 3. The van der Waals surface area contributed by atoms with Gasteiger partial charge >= 0.3 is 12.3 Å². The zero-order valence-corrected chi connectivity index (χ0v) is 35.2.